The first-order valence-electron chi connectivity index (χ1n) is 11.2. The van der Waals surface area contributed by atoms with Gasteiger partial charge in [-0.05, 0) is 61.3 Å². The number of phenolic OH excluding ortho intramolecular Hbond substituents is 1. The normalized spacial score (nSPS) is 26.6. The minimum Gasteiger partial charge on any atom is -0.506 e. The topological polar surface area (TPSA) is 86.6 Å². The van der Waals surface area contributed by atoms with Crippen LogP contribution in [0.25, 0.3) is 10.1 Å². The average molecular weight is 442 g/mol. The lowest BCUT2D eigenvalue weighted by molar-refractivity contribution is -0.137. The van der Waals surface area contributed by atoms with Crippen molar-refractivity contribution in [3.63, 3.8) is 0 Å². The van der Waals surface area contributed by atoms with E-state index in [0.717, 1.165) is 29.3 Å². The largest absolute Gasteiger partial charge is 0.506 e. The van der Waals surface area contributed by atoms with Crippen LogP contribution in [0, 0.1) is 23.2 Å². The van der Waals surface area contributed by atoms with E-state index in [-0.39, 0.29) is 29.5 Å². The minimum absolute atomic E-state index is 0.0570. The second-order valence-corrected chi connectivity index (χ2v) is 10.5. The predicted molar refractivity (Wildman–Crippen MR) is 123 cm³/mol. The molecule has 3 N–H and O–H groups in total. The number of fused-ring (bicyclic) bond motifs is 3. The maximum absolute atomic E-state index is 13.2. The molecular weight excluding hydrogens is 410 g/mol. The van der Waals surface area contributed by atoms with Crippen molar-refractivity contribution in [2.75, 3.05) is 0 Å². The summed E-state index contributed by atoms with van der Waals surface area (Å²) in [5, 5.41) is 24.8. The third kappa shape index (κ3) is 4.22. The highest BCUT2D eigenvalue weighted by Gasteiger charge is 2.57. The molecule has 3 fully saturated rings. The quantitative estimate of drug-likeness (QED) is 0.368. The molecule has 5 nitrogen and oxygen atoms in total. The molecule has 4 atom stereocenters. The van der Waals surface area contributed by atoms with Crippen molar-refractivity contribution in [2.45, 2.75) is 58.4 Å². The Hall–Kier alpha value is -2.34. The van der Waals surface area contributed by atoms with Crippen LogP contribution in [-0.4, -0.2) is 28.1 Å². The Kier molecular flexibility index (Phi) is 6.11. The monoisotopic (exact) mass is 441 g/mol. The number of rotatable bonds is 8. The Labute approximate surface area is 187 Å². The number of benzene rings is 1. The third-order valence-electron chi connectivity index (χ3n) is 7.56. The van der Waals surface area contributed by atoms with Crippen molar-refractivity contribution in [1.82, 2.24) is 5.32 Å². The van der Waals surface area contributed by atoms with Crippen LogP contribution in [0.3, 0.4) is 0 Å². The molecule has 3 aliphatic rings. The van der Waals surface area contributed by atoms with Gasteiger partial charge in [0, 0.05) is 23.2 Å². The molecule has 2 aromatic rings. The SMILES string of the molecule is CC1(C)[C@H]2C[C@H](C/C=C/CCCC(=O)O)[C@H](NC(=O)c3csc4c(O)cccc34)[C@@H]1C2. The molecule has 166 valence electrons. The standard InChI is InChI=1S/C25H31NO4S/c1-25(2)16-12-15(8-5-3-4-6-11-21(28)29)22(19(25)13-16)26-24(30)18-14-31-23-17(18)9-7-10-20(23)27/h3,5,7,9-10,14-16,19,22,27H,4,6,8,11-13H2,1-2H3,(H,26,30)(H,28,29)/b5-3+/t15-,16-,19-,22-/m0/s1. The Bertz CT molecular complexity index is 1010. The van der Waals surface area contributed by atoms with Crippen LogP contribution in [0.5, 0.6) is 5.75 Å². The summed E-state index contributed by atoms with van der Waals surface area (Å²) in [6.45, 7) is 4.64. The van der Waals surface area contributed by atoms with E-state index in [1.165, 1.54) is 17.8 Å². The summed E-state index contributed by atoms with van der Waals surface area (Å²) in [7, 11) is 0. The average Bonchev–Trinajstić information content (AvgIpc) is 3.16. The second kappa shape index (κ2) is 8.65. The number of unbranched alkanes of at least 4 members (excludes halogenated alkanes) is 1. The maximum atomic E-state index is 13.2. The van der Waals surface area contributed by atoms with Crippen molar-refractivity contribution in [1.29, 1.82) is 0 Å². The molecule has 3 saturated carbocycles. The van der Waals surface area contributed by atoms with E-state index in [9.17, 15) is 14.7 Å². The molecule has 0 unspecified atom stereocenters. The van der Waals surface area contributed by atoms with Gasteiger partial charge in [-0.1, -0.05) is 38.1 Å². The number of aromatic hydroxyl groups is 1. The van der Waals surface area contributed by atoms with Gasteiger partial charge in [-0.15, -0.1) is 11.3 Å². The number of carboxylic acids is 1. The third-order valence-corrected chi connectivity index (χ3v) is 8.58. The number of amides is 1. The highest BCUT2D eigenvalue weighted by atomic mass is 32.1. The summed E-state index contributed by atoms with van der Waals surface area (Å²) in [6, 6.07) is 5.45. The van der Waals surface area contributed by atoms with E-state index in [4.69, 9.17) is 5.11 Å². The molecule has 2 bridgehead atoms. The highest BCUT2D eigenvalue weighted by Crippen LogP contribution is 2.61. The van der Waals surface area contributed by atoms with Crippen molar-refractivity contribution >= 4 is 33.3 Å². The number of allylic oxidation sites excluding steroid dienone is 2. The first-order valence-corrected chi connectivity index (χ1v) is 12.0. The molecule has 5 rings (SSSR count). The van der Waals surface area contributed by atoms with Crippen LogP contribution >= 0.6 is 11.3 Å². The van der Waals surface area contributed by atoms with Gasteiger partial charge in [0.25, 0.3) is 5.91 Å². The number of phenols is 1. The molecule has 1 aromatic carbocycles. The number of thiophene rings is 1. The summed E-state index contributed by atoms with van der Waals surface area (Å²) >= 11 is 1.40. The van der Waals surface area contributed by atoms with Crippen molar-refractivity contribution < 1.29 is 19.8 Å². The number of hydrogen-bond acceptors (Lipinski definition) is 4. The van der Waals surface area contributed by atoms with Crippen molar-refractivity contribution in [3.8, 4) is 5.75 Å². The first-order chi connectivity index (χ1) is 14.8. The van der Waals surface area contributed by atoms with E-state index in [1.807, 2.05) is 11.4 Å². The Morgan fingerprint density at radius 2 is 2.06 bits per heavy atom. The maximum Gasteiger partial charge on any atom is 0.303 e. The molecule has 3 aliphatic carbocycles. The van der Waals surface area contributed by atoms with Gasteiger partial charge >= 0.3 is 5.97 Å². The predicted octanol–water partition coefficient (Wildman–Crippen LogP) is 5.59. The fourth-order valence-electron chi connectivity index (χ4n) is 5.57. The van der Waals surface area contributed by atoms with Crippen LogP contribution < -0.4 is 5.32 Å². The lowest BCUT2D eigenvalue weighted by Gasteiger charge is -2.62. The molecule has 1 aromatic heterocycles. The van der Waals surface area contributed by atoms with Gasteiger partial charge in [-0.25, -0.2) is 0 Å². The zero-order valence-electron chi connectivity index (χ0n) is 18.1. The van der Waals surface area contributed by atoms with Crippen LogP contribution in [-0.2, 0) is 4.79 Å². The number of carbonyl (C=O) groups is 2. The minimum atomic E-state index is -0.750. The number of aliphatic carboxylic acids is 1. The lowest BCUT2D eigenvalue weighted by Crippen LogP contribution is -2.63. The molecular formula is C25H31NO4S. The lowest BCUT2D eigenvalue weighted by atomic mass is 9.44. The summed E-state index contributed by atoms with van der Waals surface area (Å²) in [6.07, 6.45) is 9.08. The van der Waals surface area contributed by atoms with Gasteiger partial charge < -0.3 is 15.5 Å². The van der Waals surface area contributed by atoms with Crippen LogP contribution in [0.1, 0.15) is 62.7 Å². The first kappa shape index (κ1) is 21.9. The van der Waals surface area contributed by atoms with Gasteiger partial charge in [0.2, 0.25) is 0 Å². The smallest absolute Gasteiger partial charge is 0.303 e. The molecule has 0 radical (unpaired) electrons. The Morgan fingerprint density at radius 1 is 1.26 bits per heavy atom. The summed E-state index contributed by atoms with van der Waals surface area (Å²) in [4.78, 5) is 23.9. The summed E-state index contributed by atoms with van der Waals surface area (Å²) in [5.74, 6) is 0.982. The van der Waals surface area contributed by atoms with Crippen LogP contribution in [0.15, 0.2) is 35.7 Å². The Morgan fingerprint density at radius 3 is 2.81 bits per heavy atom. The highest BCUT2D eigenvalue weighted by molar-refractivity contribution is 7.18. The molecule has 31 heavy (non-hydrogen) atoms. The van der Waals surface area contributed by atoms with Gasteiger partial charge in [0.1, 0.15) is 5.75 Å². The van der Waals surface area contributed by atoms with E-state index in [2.05, 4.69) is 31.3 Å². The zero-order valence-corrected chi connectivity index (χ0v) is 19.0. The number of nitrogens with one attached hydrogen (secondary N) is 1. The van der Waals surface area contributed by atoms with Crippen LogP contribution in [0.2, 0.25) is 0 Å². The van der Waals surface area contributed by atoms with Gasteiger partial charge in [-0.3, -0.25) is 9.59 Å². The molecule has 0 spiro atoms. The van der Waals surface area contributed by atoms with E-state index >= 15 is 0 Å². The zero-order chi connectivity index (χ0) is 22.2. The fourth-order valence-corrected chi connectivity index (χ4v) is 6.54. The van der Waals surface area contributed by atoms with Gasteiger partial charge in [-0.2, -0.15) is 0 Å². The fraction of sp³-hybridized carbons (Fsp3) is 0.520. The number of carboxylic acid groups (broad SMARTS) is 1. The van der Waals surface area contributed by atoms with Crippen molar-refractivity contribution in [3.05, 3.63) is 41.3 Å². The molecule has 1 amide bonds. The summed E-state index contributed by atoms with van der Waals surface area (Å²) in [5.41, 5.74) is 0.882. The van der Waals surface area contributed by atoms with Gasteiger partial charge in [0.05, 0.1) is 10.3 Å². The Balaban J connectivity index is 1.46. The second-order valence-electron chi connectivity index (χ2n) is 9.65. The number of hydrogen-bond donors (Lipinski definition) is 3. The van der Waals surface area contributed by atoms with Crippen molar-refractivity contribution in [2.24, 2.45) is 23.2 Å². The van der Waals surface area contributed by atoms with E-state index in [1.54, 1.807) is 12.1 Å². The van der Waals surface area contributed by atoms with E-state index < -0.39 is 5.97 Å². The molecule has 1 heterocycles. The molecule has 0 saturated heterocycles. The van der Waals surface area contributed by atoms with Crippen LogP contribution in [0.4, 0.5) is 0 Å². The summed E-state index contributed by atoms with van der Waals surface area (Å²) < 4.78 is 0.751. The number of carbonyl (C=O) groups excluding carboxylic acids is 1. The van der Waals surface area contributed by atoms with E-state index in [0.29, 0.717) is 29.7 Å². The molecule has 0 aliphatic heterocycles. The molecule has 6 heteroatoms. The van der Waals surface area contributed by atoms with Gasteiger partial charge in [0.15, 0.2) is 0 Å².